The second-order valence-corrected chi connectivity index (χ2v) is 12.4. The predicted molar refractivity (Wildman–Crippen MR) is 203 cm³/mol. The Balaban J connectivity index is 1.33. The fourth-order valence-electron chi connectivity index (χ4n) is 7.44. The van der Waals surface area contributed by atoms with Gasteiger partial charge < -0.3 is 4.57 Å². The number of fused-ring (bicyclic) bond motifs is 7. The normalized spacial score (nSPS) is 11.7. The van der Waals surface area contributed by atoms with Gasteiger partial charge in [-0.3, -0.25) is 0 Å². The molecule has 2 heterocycles. The molecule has 0 saturated carbocycles. The van der Waals surface area contributed by atoms with E-state index < -0.39 is 0 Å². The van der Waals surface area contributed by atoms with Crippen molar-refractivity contribution in [2.75, 3.05) is 0 Å². The first-order valence-corrected chi connectivity index (χ1v) is 16.5. The van der Waals surface area contributed by atoms with Crippen molar-refractivity contribution in [3.63, 3.8) is 0 Å². The van der Waals surface area contributed by atoms with Crippen LogP contribution in [0.15, 0.2) is 170 Å². The SMILES string of the molecule is c1ccc(-n2c3cccc(-c4nc(-c5cccc6ccccc56)nc(-c5cccc6ccccc56)n4)c3c3ccc4ccccc4c32)cc1. The third kappa shape index (κ3) is 4.35. The number of hydrogen-bond acceptors (Lipinski definition) is 3. The van der Waals surface area contributed by atoms with Gasteiger partial charge in [-0.25, -0.2) is 15.0 Å². The molecule has 10 aromatic rings. The molecule has 0 spiro atoms. The molecule has 0 aliphatic heterocycles. The van der Waals surface area contributed by atoms with Gasteiger partial charge in [0.25, 0.3) is 0 Å². The maximum atomic E-state index is 5.30. The lowest BCUT2D eigenvalue weighted by molar-refractivity contribution is 1.08. The van der Waals surface area contributed by atoms with Crippen molar-refractivity contribution in [3.8, 4) is 39.9 Å². The molecule has 0 aliphatic carbocycles. The van der Waals surface area contributed by atoms with E-state index in [2.05, 4.69) is 174 Å². The zero-order chi connectivity index (χ0) is 32.3. The molecule has 0 aliphatic rings. The molecular weight excluding hydrogens is 597 g/mol. The Hall–Kier alpha value is -6.65. The molecule has 0 atom stereocenters. The van der Waals surface area contributed by atoms with Crippen molar-refractivity contribution in [3.05, 3.63) is 170 Å². The van der Waals surface area contributed by atoms with Gasteiger partial charge in [0, 0.05) is 38.5 Å². The Morgan fingerprint density at radius 3 is 1.43 bits per heavy atom. The first-order valence-electron chi connectivity index (χ1n) is 16.5. The lowest BCUT2D eigenvalue weighted by atomic mass is 10.0. The van der Waals surface area contributed by atoms with Gasteiger partial charge in [0.15, 0.2) is 17.5 Å². The highest BCUT2D eigenvalue weighted by Gasteiger charge is 2.21. The van der Waals surface area contributed by atoms with Crippen LogP contribution in [0.5, 0.6) is 0 Å². The summed E-state index contributed by atoms with van der Waals surface area (Å²) in [5.41, 5.74) is 6.32. The van der Waals surface area contributed by atoms with Crippen molar-refractivity contribution < 1.29 is 0 Å². The van der Waals surface area contributed by atoms with Crippen LogP contribution in [-0.4, -0.2) is 19.5 Å². The minimum absolute atomic E-state index is 0.645. The van der Waals surface area contributed by atoms with Crippen molar-refractivity contribution >= 4 is 54.1 Å². The first kappa shape index (κ1) is 27.5. The van der Waals surface area contributed by atoms with E-state index in [1.165, 1.54) is 16.3 Å². The maximum Gasteiger partial charge on any atom is 0.164 e. The van der Waals surface area contributed by atoms with Gasteiger partial charge in [0.05, 0.1) is 11.0 Å². The highest BCUT2D eigenvalue weighted by atomic mass is 15.0. The summed E-state index contributed by atoms with van der Waals surface area (Å²) < 4.78 is 2.38. The zero-order valence-electron chi connectivity index (χ0n) is 26.5. The van der Waals surface area contributed by atoms with E-state index in [9.17, 15) is 0 Å². The summed E-state index contributed by atoms with van der Waals surface area (Å²) in [6, 6.07) is 59.7. The molecule has 10 rings (SSSR count). The van der Waals surface area contributed by atoms with Crippen LogP contribution in [0.4, 0.5) is 0 Å². The van der Waals surface area contributed by atoms with Crippen LogP contribution < -0.4 is 0 Å². The second-order valence-electron chi connectivity index (χ2n) is 12.4. The summed E-state index contributed by atoms with van der Waals surface area (Å²) in [7, 11) is 0. The zero-order valence-corrected chi connectivity index (χ0v) is 26.5. The van der Waals surface area contributed by atoms with E-state index in [4.69, 9.17) is 15.0 Å². The van der Waals surface area contributed by atoms with Crippen LogP contribution >= 0.6 is 0 Å². The lowest BCUT2D eigenvalue weighted by Crippen LogP contribution is -2.01. The number of benzene rings is 8. The fourth-order valence-corrected chi connectivity index (χ4v) is 7.44. The predicted octanol–water partition coefficient (Wildman–Crippen LogP) is 11.4. The fraction of sp³-hybridized carbons (Fsp3) is 0. The number of nitrogens with zero attached hydrogens (tertiary/aromatic N) is 4. The summed E-state index contributed by atoms with van der Waals surface area (Å²) in [6.45, 7) is 0. The topological polar surface area (TPSA) is 43.6 Å². The average molecular weight is 625 g/mol. The monoisotopic (exact) mass is 624 g/mol. The number of aromatic nitrogens is 4. The Kier molecular flexibility index (Phi) is 6.15. The van der Waals surface area contributed by atoms with Crippen molar-refractivity contribution in [2.45, 2.75) is 0 Å². The smallest absolute Gasteiger partial charge is 0.164 e. The Morgan fingerprint density at radius 1 is 0.327 bits per heavy atom. The molecule has 0 amide bonds. The van der Waals surface area contributed by atoms with Gasteiger partial charge >= 0.3 is 0 Å². The van der Waals surface area contributed by atoms with Crippen LogP contribution in [0.2, 0.25) is 0 Å². The lowest BCUT2D eigenvalue weighted by Gasteiger charge is -2.12. The van der Waals surface area contributed by atoms with Crippen LogP contribution in [0.25, 0.3) is 94.0 Å². The third-order valence-electron chi connectivity index (χ3n) is 9.63. The summed E-state index contributed by atoms with van der Waals surface area (Å²) in [5, 5.41) is 9.19. The highest BCUT2D eigenvalue weighted by molar-refractivity contribution is 6.22. The highest BCUT2D eigenvalue weighted by Crippen LogP contribution is 2.41. The summed E-state index contributed by atoms with van der Waals surface area (Å²) in [5.74, 6) is 1.95. The number of para-hydroxylation sites is 1. The van der Waals surface area contributed by atoms with E-state index in [-0.39, 0.29) is 0 Å². The Labute approximate surface area is 282 Å². The van der Waals surface area contributed by atoms with Crippen LogP contribution in [-0.2, 0) is 0 Å². The molecule has 2 aromatic heterocycles. The molecule has 0 N–H and O–H groups in total. The Bertz CT molecular complexity index is 2780. The van der Waals surface area contributed by atoms with Crippen molar-refractivity contribution in [2.24, 2.45) is 0 Å². The Morgan fingerprint density at radius 2 is 0.796 bits per heavy atom. The molecule has 0 saturated heterocycles. The van der Waals surface area contributed by atoms with E-state index in [0.717, 1.165) is 60.2 Å². The minimum Gasteiger partial charge on any atom is -0.309 e. The third-order valence-corrected chi connectivity index (χ3v) is 9.63. The number of rotatable bonds is 4. The quantitative estimate of drug-likeness (QED) is 0.196. The molecule has 8 aromatic carbocycles. The molecule has 0 fully saturated rings. The molecule has 0 unspecified atom stereocenters. The molecule has 228 valence electrons. The second kappa shape index (κ2) is 11.0. The summed E-state index contributed by atoms with van der Waals surface area (Å²) >= 11 is 0. The van der Waals surface area contributed by atoms with Crippen LogP contribution in [0, 0.1) is 0 Å². The summed E-state index contributed by atoms with van der Waals surface area (Å²) in [6.07, 6.45) is 0. The molecule has 0 bridgehead atoms. The first-order chi connectivity index (χ1) is 24.3. The van der Waals surface area contributed by atoms with Crippen LogP contribution in [0.1, 0.15) is 0 Å². The van der Waals surface area contributed by atoms with E-state index in [1.807, 2.05) is 0 Å². The molecule has 0 radical (unpaired) electrons. The van der Waals surface area contributed by atoms with Gasteiger partial charge in [0.2, 0.25) is 0 Å². The number of hydrogen-bond donors (Lipinski definition) is 0. The van der Waals surface area contributed by atoms with Crippen molar-refractivity contribution in [1.82, 2.24) is 19.5 Å². The minimum atomic E-state index is 0.645. The summed E-state index contributed by atoms with van der Waals surface area (Å²) in [4.78, 5) is 15.8. The van der Waals surface area contributed by atoms with Gasteiger partial charge in [0.1, 0.15) is 0 Å². The standard InChI is InChI=1S/C45H28N4/c1-2-18-32(19-3-1)49-40-26-12-25-39(41(40)38-28-27-31-15-6-9-22-35(31)42(38)49)45-47-43(36-23-10-16-29-13-4-7-20-33(29)36)46-44(48-45)37-24-11-17-30-14-5-8-21-34(30)37/h1-28H. The van der Waals surface area contributed by atoms with Crippen LogP contribution in [0.3, 0.4) is 0 Å². The average Bonchev–Trinajstić information content (AvgIpc) is 3.53. The molecule has 4 heteroatoms. The van der Waals surface area contributed by atoms with Gasteiger partial charge in [-0.1, -0.05) is 152 Å². The van der Waals surface area contributed by atoms with E-state index >= 15 is 0 Å². The van der Waals surface area contributed by atoms with Gasteiger partial charge in [-0.15, -0.1) is 0 Å². The largest absolute Gasteiger partial charge is 0.309 e. The molecular formula is C45H28N4. The van der Waals surface area contributed by atoms with Gasteiger partial charge in [-0.05, 0) is 45.1 Å². The van der Waals surface area contributed by atoms with Gasteiger partial charge in [-0.2, -0.15) is 0 Å². The van der Waals surface area contributed by atoms with E-state index in [0.29, 0.717) is 17.5 Å². The molecule has 49 heavy (non-hydrogen) atoms. The molecule has 4 nitrogen and oxygen atoms in total. The van der Waals surface area contributed by atoms with Crippen molar-refractivity contribution in [1.29, 1.82) is 0 Å². The maximum absolute atomic E-state index is 5.30. The van der Waals surface area contributed by atoms with E-state index in [1.54, 1.807) is 0 Å².